The van der Waals surface area contributed by atoms with Crippen LogP contribution in [0.1, 0.15) is 31.9 Å². The minimum absolute atomic E-state index is 0.0409. The normalized spacial score (nSPS) is 12.4. The molecule has 10 aromatic rings. The van der Waals surface area contributed by atoms with Gasteiger partial charge in [-0.25, -0.2) is 0 Å². The van der Waals surface area contributed by atoms with Crippen LogP contribution in [0, 0.1) is 6.92 Å². The van der Waals surface area contributed by atoms with Crippen LogP contribution in [0.5, 0.6) is 0 Å². The highest BCUT2D eigenvalue weighted by atomic mass is 32.1. The molecule has 0 amide bonds. The first-order chi connectivity index (χ1) is 29.8. The fourth-order valence-electron chi connectivity index (χ4n) is 9.34. The summed E-state index contributed by atoms with van der Waals surface area (Å²) in [4.78, 5) is 2.58. The zero-order valence-corrected chi connectivity index (χ0v) is 35.8. The van der Waals surface area contributed by atoms with E-state index in [1.165, 1.54) is 103 Å². The van der Waals surface area contributed by atoms with E-state index < -0.39 is 0 Å². The van der Waals surface area contributed by atoms with E-state index in [1.807, 2.05) is 11.3 Å². The molecule has 0 aliphatic carbocycles. The van der Waals surface area contributed by atoms with E-state index in [9.17, 15) is 0 Å². The Morgan fingerprint density at radius 2 is 1.16 bits per heavy atom. The third-order valence-electron chi connectivity index (χ3n) is 12.5. The molecule has 2 nitrogen and oxygen atoms in total. The zero-order chi connectivity index (χ0) is 41.2. The summed E-state index contributed by atoms with van der Waals surface area (Å²) in [6.45, 7) is 9.19. The molecule has 1 aliphatic heterocycles. The summed E-state index contributed by atoms with van der Waals surface area (Å²) < 4.78 is 2.64. The van der Waals surface area contributed by atoms with Gasteiger partial charge >= 0.3 is 0 Å². The molecule has 0 atom stereocenters. The molecule has 0 bridgehead atoms. The quantitative estimate of drug-likeness (QED) is 0.169. The summed E-state index contributed by atoms with van der Waals surface area (Å²) >= 11 is 1.89. The van der Waals surface area contributed by atoms with Crippen LogP contribution in [0.3, 0.4) is 0 Å². The fourth-order valence-corrected chi connectivity index (χ4v) is 10.5. The number of nitrogens with one attached hydrogen (secondary N) is 1. The van der Waals surface area contributed by atoms with E-state index in [0.717, 1.165) is 18.7 Å². The highest BCUT2D eigenvalue weighted by Crippen LogP contribution is 2.46. The van der Waals surface area contributed by atoms with Crippen LogP contribution < -0.4 is 21.1 Å². The molecule has 292 valence electrons. The van der Waals surface area contributed by atoms with Crippen molar-refractivity contribution in [2.45, 2.75) is 33.1 Å². The molecule has 4 heteroatoms. The maximum absolute atomic E-state index is 3.98. The lowest BCUT2D eigenvalue weighted by Gasteiger charge is -2.37. The molecule has 0 fully saturated rings. The number of hydrogen-bond acceptors (Lipinski definition) is 3. The smallest absolute Gasteiger partial charge is 0.198 e. The van der Waals surface area contributed by atoms with Gasteiger partial charge in [0.25, 0.3) is 0 Å². The zero-order valence-electron chi connectivity index (χ0n) is 35.0. The first-order valence-electron chi connectivity index (χ1n) is 21.3. The number of benzene rings is 9. The summed E-state index contributed by atoms with van der Waals surface area (Å²) in [5.41, 5.74) is 18.4. The van der Waals surface area contributed by atoms with Gasteiger partial charge < -0.3 is 10.2 Å². The minimum Gasteiger partial charge on any atom is -0.355 e. The molecule has 1 aromatic heterocycles. The molecule has 0 radical (unpaired) electrons. The van der Waals surface area contributed by atoms with Gasteiger partial charge in [-0.3, -0.25) is 0 Å². The van der Waals surface area contributed by atoms with Gasteiger partial charge in [-0.15, -0.1) is 11.3 Å². The lowest BCUT2D eigenvalue weighted by Crippen LogP contribution is -2.41. The average molecular weight is 801 g/mol. The van der Waals surface area contributed by atoms with Crippen molar-refractivity contribution >= 4 is 88.9 Å². The van der Waals surface area contributed by atoms with Crippen LogP contribution in [0.25, 0.3) is 64.3 Å². The SMILES string of the molecule is Cc1cc(C(C)(C)C)ccc1N1c2cc3sc4ccccc4c3cc2Bc2c(-c3ccc4ccccc4c3Nc3ccc(-c4ccccc4)cc3)cc(-c3ccccc3)cc21. The molecule has 2 heterocycles. The number of fused-ring (bicyclic) bond motifs is 6. The molecule has 1 N–H and O–H groups in total. The molecular weight excluding hydrogens is 756 g/mol. The van der Waals surface area contributed by atoms with Crippen molar-refractivity contribution in [1.29, 1.82) is 0 Å². The van der Waals surface area contributed by atoms with Crippen molar-refractivity contribution in [2.24, 2.45) is 0 Å². The lowest BCUT2D eigenvalue weighted by molar-refractivity contribution is 0.590. The third-order valence-corrected chi connectivity index (χ3v) is 13.7. The second-order valence-electron chi connectivity index (χ2n) is 17.5. The third kappa shape index (κ3) is 6.59. The summed E-state index contributed by atoms with van der Waals surface area (Å²) in [5, 5.41) is 9.03. The average Bonchev–Trinajstić information content (AvgIpc) is 3.65. The van der Waals surface area contributed by atoms with E-state index in [1.54, 1.807) is 0 Å². The van der Waals surface area contributed by atoms with Crippen molar-refractivity contribution in [2.75, 3.05) is 10.2 Å². The Kier molecular flexibility index (Phi) is 8.95. The molecule has 0 spiro atoms. The van der Waals surface area contributed by atoms with Crippen LogP contribution >= 0.6 is 11.3 Å². The number of rotatable bonds is 6. The molecule has 11 rings (SSSR count). The molecular formula is C57H45BN2S. The van der Waals surface area contributed by atoms with Crippen molar-refractivity contribution in [3.05, 3.63) is 199 Å². The Morgan fingerprint density at radius 3 is 1.90 bits per heavy atom. The maximum atomic E-state index is 3.98. The van der Waals surface area contributed by atoms with Crippen LogP contribution in [0.2, 0.25) is 0 Å². The van der Waals surface area contributed by atoms with Crippen LogP contribution in [0.15, 0.2) is 188 Å². The van der Waals surface area contributed by atoms with Crippen molar-refractivity contribution in [3.63, 3.8) is 0 Å². The summed E-state index contributed by atoms with van der Waals surface area (Å²) in [6, 6.07) is 69.6. The molecule has 0 saturated heterocycles. The summed E-state index contributed by atoms with van der Waals surface area (Å²) in [5.74, 6) is 0. The molecule has 9 aromatic carbocycles. The molecule has 61 heavy (non-hydrogen) atoms. The van der Waals surface area contributed by atoms with Crippen molar-refractivity contribution < 1.29 is 0 Å². The molecule has 0 unspecified atom stereocenters. The maximum Gasteiger partial charge on any atom is 0.198 e. The van der Waals surface area contributed by atoms with Gasteiger partial charge in [0.05, 0.1) is 5.69 Å². The van der Waals surface area contributed by atoms with Gasteiger partial charge in [0.15, 0.2) is 7.28 Å². The Morgan fingerprint density at radius 1 is 0.492 bits per heavy atom. The molecule has 0 saturated carbocycles. The van der Waals surface area contributed by atoms with Crippen LogP contribution in [-0.4, -0.2) is 7.28 Å². The standard InChI is InChI=1S/C57H45BN2S/c1-36-31-42(57(2,3)4)26-30-50(36)60-51-35-54-47(45-21-13-14-22-53(45)61-54)34-49(51)58-55-48(32-41(33-52(55)60)38-17-9-6-10-18-38)46-29-25-40-19-11-12-20-44(40)56(46)59-43-27-23-39(24-28-43)37-15-7-5-8-16-37/h5-35,58-59H,1-4H3. The Balaban J connectivity index is 1.17. The number of hydrogen-bond donors (Lipinski definition) is 1. The van der Waals surface area contributed by atoms with E-state index in [4.69, 9.17) is 0 Å². The Hall–Kier alpha value is -6.88. The van der Waals surface area contributed by atoms with Gasteiger partial charge in [-0.2, -0.15) is 0 Å². The highest BCUT2D eigenvalue weighted by molar-refractivity contribution is 7.25. The fraction of sp³-hybridized carbons (Fsp3) is 0.0877. The second-order valence-corrected chi connectivity index (χ2v) is 18.6. The minimum atomic E-state index is 0.0409. The highest BCUT2D eigenvalue weighted by Gasteiger charge is 2.31. The number of anilines is 5. The second kappa shape index (κ2) is 14.7. The van der Waals surface area contributed by atoms with E-state index in [-0.39, 0.29) is 5.41 Å². The van der Waals surface area contributed by atoms with E-state index in [0.29, 0.717) is 0 Å². The number of thiophene rings is 1. The predicted octanol–water partition coefficient (Wildman–Crippen LogP) is 14.7. The number of aryl methyl sites for hydroxylation is 1. The topological polar surface area (TPSA) is 15.3 Å². The van der Waals surface area contributed by atoms with Crippen molar-refractivity contribution in [3.8, 4) is 33.4 Å². The summed E-state index contributed by atoms with van der Waals surface area (Å²) in [6.07, 6.45) is 0. The van der Waals surface area contributed by atoms with Gasteiger partial charge in [-0.05, 0) is 110 Å². The van der Waals surface area contributed by atoms with Gasteiger partial charge in [0, 0.05) is 48.5 Å². The monoisotopic (exact) mass is 800 g/mol. The Labute approximate surface area is 363 Å². The predicted molar refractivity (Wildman–Crippen MR) is 267 cm³/mol. The summed E-state index contributed by atoms with van der Waals surface area (Å²) in [7, 11) is 0.808. The van der Waals surface area contributed by atoms with Gasteiger partial charge in [0.1, 0.15) is 0 Å². The Bertz CT molecular complexity index is 3290. The number of nitrogens with zero attached hydrogens (tertiary/aromatic N) is 1. The first-order valence-corrected chi connectivity index (χ1v) is 22.1. The van der Waals surface area contributed by atoms with Crippen LogP contribution in [-0.2, 0) is 5.41 Å². The molecule has 1 aliphatic rings. The lowest BCUT2D eigenvalue weighted by atomic mass is 9.57. The van der Waals surface area contributed by atoms with E-state index in [2.05, 4.69) is 226 Å². The first kappa shape index (κ1) is 37.1. The van der Waals surface area contributed by atoms with Gasteiger partial charge in [0.2, 0.25) is 0 Å². The van der Waals surface area contributed by atoms with Crippen LogP contribution in [0.4, 0.5) is 28.4 Å². The van der Waals surface area contributed by atoms with Gasteiger partial charge in [-0.1, -0.05) is 172 Å². The largest absolute Gasteiger partial charge is 0.355 e. The van der Waals surface area contributed by atoms with E-state index >= 15 is 0 Å². The van der Waals surface area contributed by atoms with Crippen molar-refractivity contribution in [1.82, 2.24) is 0 Å².